The van der Waals surface area contributed by atoms with Gasteiger partial charge in [0.25, 0.3) is 0 Å². The number of thiazole rings is 1. The van der Waals surface area contributed by atoms with Crippen molar-refractivity contribution in [2.45, 2.75) is 82.8 Å². The maximum absolute atomic E-state index is 13.0. The van der Waals surface area contributed by atoms with Crippen molar-refractivity contribution < 1.29 is 4.79 Å². The summed E-state index contributed by atoms with van der Waals surface area (Å²) in [6, 6.07) is 0.699. The van der Waals surface area contributed by atoms with Gasteiger partial charge in [-0.25, -0.2) is 9.78 Å². The molecule has 0 saturated heterocycles. The average Bonchev–Trinajstić information content (AvgIpc) is 3.04. The first-order valence-electron chi connectivity index (χ1n) is 9.11. The standard InChI is InChI=1S/C17H26N4O2S/c22-17(20-16-19-13(11-18-23)12-24-16)21(14-7-3-1-4-8-14)15-9-5-2-6-10-15/h12,14-15H,1-11H2,(H,19,20,22). The lowest BCUT2D eigenvalue weighted by Gasteiger charge is -2.41. The molecular weight excluding hydrogens is 324 g/mol. The van der Waals surface area contributed by atoms with Crippen LogP contribution in [0.15, 0.2) is 10.6 Å². The van der Waals surface area contributed by atoms with Crippen molar-refractivity contribution in [1.82, 2.24) is 9.88 Å². The van der Waals surface area contributed by atoms with Crippen LogP contribution in [0.25, 0.3) is 0 Å². The molecule has 2 aliphatic rings. The Morgan fingerprint density at radius 3 is 2.25 bits per heavy atom. The molecule has 24 heavy (non-hydrogen) atoms. The predicted molar refractivity (Wildman–Crippen MR) is 96.2 cm³/mol. The number of amides is 2. The number of nitrogens with one attached hydrogen (secondary N) is 1. The highest BCUT2D eigenvalue weighted by Crippen LogP contribution is 2.31. The Morgan fingerprint density at radius 2 is 1.71 bits per heavy atom. The van der Waals surface area contributed by atoms with E-state index in [0.717, 1.165) is 25.7 Å². The Hall–Kier alpha value is -1.50. The fourth-order valence-electron chi connectivity index (χ4n) is 4.01. The van der Waals surface area contributed by atoms with Gasteiger partial charge in [-0.1, -0.05) is 43.7 Å². The van der Waals surface area contributed by atoms with E-state index in [9.17, 15) is 9.70 Å². The first-order chi connectivity index (χ1) is 11.8. The second kappa shape index (κ2) is 8.55. The summed E-state index contributed by atoms with van der Waals surface area (Å²) in [5, 5.41) is 8.16. The zero-order chi connectivity index (χ0) is 16.8. The number of nitroso groups, excluding NO2 is 1. The second-order valence-electron chi connectivity index (χ2n) is 6.85. The van der Waals surface area contributed by atoms with E-state index in [1.165, 1.54) is 49.9 Å². The molecule has 1 aromatic heterocycles. The molecule has 2 aliphatic carbocycles. The molecule has 0 spiro atoms. The van der Waals surface area contributed by atoms with E-state index in [0.29, 0.717) is 22.9 Å². The molecule has 1 aromatic rings. The Bertz CT molecular complexity index is 533. The van der Waals surface area contributed by atoms with E-state index in [4.69, 9.17) is 0 Å². The fourth-order valence-corrected chi connectivity index (χ4v) is 4.70. The Labute approximate surface area is 147 Å². The van der Waals surface area contributed by atoms with Crippen LogP contribution in [-0.2, 0) is 6.54 Å². The number of aromatic nitrogens is 1. The van der Waals surface area contributed by atoms with Gasteiger partial charge in [0.1, 0.15) is 6.54 Å². The van der Waals surface area contributed by atoms with Crippen molar-refractivity contribution >= 4 is 22.5 Å². The molecular formula is C17H26N4O2S. The van der Waals surface area contributed by atoms with Crippen LogP contribution in [0.5, 0.6) is 0 Å². The molecule has 3 rings (SSSR count). The van der Waals surface area contributed by atoms with Crippen LogP contribution in [0.2, 0.25) is 0 Å². The van der Waals surface area contributed by atoms with Gasteiger partial charge in [-0.05, 0) is 25.7 Å². The second-order valence-corrected chi connectivity index (χ2v) is 7.71. The molecule has 0 radical (unpaired) electrons. The lowest BCUT2D eigenvalue weighted by atomic mass is 9.89. The third-order valence-electron chi connectivity index (χ3n) is 5.16. The quantitative estimate of drug-likeness (QED) is 0.767. The number of rotatable bonds is 5. The molecule has 2 saturated carbocycles. The molecule has 0 atom stereocenters. The van der Waals surface area contributed by atoms with Crippen LogP contribution in [0.1, 0.15) is 69.9 Å². The van der Waals surface area contributed by atoms with Crippen LogP contribution in [0.4, 0.5) is 9.93 Å². The zero-order valence-electron chi connectivity index (χ0n) is 14.1. The highest BCUT2D eigenvalue weighted by Gasteiger charge is 2.32. The number of urea groups is 1. The summed E-state index contributed by atoms with van der Waals surface area (Å²) in [6.07, 6.45) is 11.9. The SMILES string of the molecule is O=NCc1csc(NC(=O)N(C2CCCCC2)C2CCCCC2)n1. The van der Waals surface area contributed by atoms with Crippen molar-refractivity contribution in [3.05, 3.63) is 16.0 Å². The topological polar surface area (TPSA) is 74.7 Å². The van der Waals surface area contributed by atoms with Gasteiger partial charge in [-0.3, -0.25) is 5.32 Å². The van der Waals surface area contributed by atoms with Gasteiger partial charge >= 0.3 is 6.03 Å². The third kappa shape index (κ3) is 4.32. The van der Waals surface area contributed by atoms with Gasteiger partial charge in [0.05, 0.1) is 5.69 Å². The maximum atomic E-state index is 13.0. The van der Waals surface area contributed by atoms with Gasteiger partial charge in [0.2, 0.25) is 0 Å². The largest absolute Gasteiger partial charge is 0.324 e. The molecule has 2 fully saturated rings. The van der Waals surface area contributed by atoms with E-state index >= 15 is 0 Å². The van der Waals surface area contributed by atoms with Gasteiger partial charge in [0, 0.05) is 17.5 Å². The molecule has 1 heterocycles. The number of hydrogen-bond acceptors (Lipinski definition) is 5. The predicted octanol–water partition coefficient (Wildman–Crippen LogP) is 4.91. The number of hydrogen-bond donors (Lipinski definition) is 1. The minimum atomic E-state index is -0.0197. The summed E-state index contributed by atoms with van der Waals surface area (Å²) in [5.41, 5.74) is 0.618. The summed E-state index contributed by atoms with van der Waals surface area (Å²) in [4.78, 5) is 29.7. The smallest absolute Gasteiger partial charge is 0.319 e. The number of carbonyl (C=O) groups excluding carboxylic acids is 1. The normalized spacial score (nSPS) is 19.8. The molecule has 1 N–H and O–H groups in total. The summed E-state index contributed by atoms with van der Waals surface area (Å²) in [6.45, 7) is 0.0569. The number of carbonyl (C=O) groups is 1. The first kappa shape index (κ1) is 17.3. The zero-order valence-corrected chi connectivity index (χ0v) is 14.9. The molecule has 132 valence electrons. The Balaban J connectivity index is 1.70. The van der Waals surface area contributed by atoms with E-state index < -0.39 is 0 Å². The van der Waals surface area contributed by atoms with Gasteiger partial charge < -0.3 is 4.90 Å². The van der Waals surface area contributed by atoms with Crippen LogP contribution in [0, 0.1) is 4.91 Å². The highest BCUT2D eigenvalue weighted by molar-refractivity contribution is 7.13. The van der Waals surface area contributed by atoms with Crippen LogP contribution < -0.4 is 5.32 Å². The minimum Gasteiger partial charge on any atom is -0.319 e. The van der Waals surface area contributed by atoms with Crippen LogP contribution >= 0.6 is 11.3 Å². The number of anilines is 1. The number of nitrogens with zero attached hydrogens (tertiary/aromatic N) is 3. The van der Waals surface area contributed by atoms with Gasteiger partial charge in [0.15, 0.2) is 5.13 Å². The summed E-state index contributed by atoms with van der Waals surface area (Å²) in [5.74, 6) is 0. The minimum absolute atomic E-state index is 0.0197. The monoisotopic (exact) mass is 350 g/mol. The van der Waals surface area contributed by atoms with Crippen LogP contribution in [0.3, 0.4) is 0 Å². The van der Waals surface area contributed by atoms with E-state index in [1.807, 2.05) is 0 Å². The van der Waals surface area contributed by atoms with Crippen molar-refractivity contribution in [2.24, 2.45) is 5.18 Å². The third-order valence-corrected chi connectivity index (χ3v) is 5.97. The highest BCUT2D eigenvalue weighted by atomic mass is 32.1. The summed E-state index contributed by atoms with van der Waals surface area (Å²) >= 11 is 1.36. The van der Waals surface area contributed by atoms with Crippen molar-refractivity contribution in [1.29, 1.82) is 0 Å². The fraction of sp³-hybridized carbons (Fsp3) is 0.765. The van der Waals surface area contributed by atoms with Crippen molar-refractivity contribution in [2.75, 3.05) is 5.32 Å². The molecule has 2 amide bonds. The van der Waals surface area contributed by atoms with Gasteiger partial charge in [-0.2, -0.15) is 4.91 Å². The summed E-state index contributed by atoms with van der Waals surface area (Å²) < 4.78 is 0. The maximum Gasteiger partial charge on any atom is 0.324 e. The van der Waals surface area contributed by atoms with Crippen molar-refractivity contribution in [3.63, 3.8) is 0 Å². The molecule has 0 aliphatic heterocycles. The molecule has 6 nitrogen and oxygen atoms in total. The average molecular weight is 350 g/mol. The van der Waals surface area contributed by atoms with E-state index in [2.05, 4.69) is 20.4 Å². The molecule has 0 aromatic carbocycles. The molecule has 7 heteroatoms. The Kier molecular flexibility index (Phi) is 6.18. The van der Waals surface area contributed by atoms with E-state index in [1.54, 1.807) is 5.38 Å². The van der Waals surface area contributed by atoms with Gasteiger partial charge in [-0.15, -0.1) is 11.3 Å². The van der Waals surface area contributed by atoms with Crippen molar-refractivity contribution in [3.8, 4) is 0 Å². The molecule has 0 bridgehead atoms. The molecule has 0 unspecified atom stereocenters. The Morgan fingerprint density at radius 1 is 1.12 bits per heavy atom. The van der Waals surface area contributed by atoms with E-state index in [-0.39, 0.29) is 12.6 Å². The lowest BCUT2D eigenvalue weighted by Crippen LogP contribution is -2.50. The van der Waals surface area contributed by atoms with Crippen LogP contribution in [-0.4, -0.2) is 28.0 Å². The lowest BCUT2D eigenvalue weighted by molar-refractivity contribution is 0.114. The summed E-state index contributed by atoms with van der Waals surface area (Å²) in [7, 11) is 0. The first-order valence-corrected chi connectivity index (χ1v) is 9.98.